The molecule has 5 aromatic rings. The molecular weight excluding hydrogens is 398 g/mol. The zero-order valence-corrected chi connectivity index (χ0v) is 16.1. The maximum Gasteiger partial charge on any atom is 0.333 e. The molecule has 9 heteroatoms. The van der Waals surface area contributed by atoms with Crippen LogP contribution in [-0.4, -0.2) is 24.3 Å². The predicted molar refractivity (Wildman–Crippen MR) is 111 cm³/mol. The van der Waals surface area contributed by atoms with Crippen LogP contribution in [-0.2, 0) is 7.05 Å². The minimum absolute atomic E-state index is 0.395. The molecule has 4 aromatic heterocycles. The van der Waals surface area contributed by atoms with Crippen LogP contribution in [0.1, 0.15) is 0 Å². The molecule has 28 heavy (non-hydrogen) atoms. The number of aryl methyl sites for hydroxylation is 1. The van der Waals surface area contributed by atoms with Crippen LogP contribution in [0.5, 0.6) is 0 Å². The zero-order valence-electron chi connectivity index (χ0n) is 14.5. The van der Waals surface area contributed by atoms with Gasteiger partial charge >= 0.3 is 5.69 Å². The van der Waals surface area contributed by atoms with E-state index in [0.29, 0.717) is 26.3 Å². The lowest BCUT2D eigenvalue weighted by molar-refractivity contribution is 0.795. The van der Waals surface area contributed by atoms with Crippen molar-refractivity contribution in [2.24, 2.45) is 7.05 Å². The fourth-order valence-corrected chi connectivity index (χ4v) is 4.62. The number of halogens is 1. The van der Waals surface area contributed by atoms with Gasteiger partial charge in [-0.2, -0.15) is 5.10 Å². The number of nitrogens with zero attached hydrogens (tertiary/aromatic N) is 4. The fraction of sp³-hybridized carbons (Fsp3) is 0.0526. The van der Waals surface area contributed by atoms with E-state index in [0.717, 1.165) is 20.5 Å². The molecule has 0 aliphatic heterocycles. The van der Waals surface area contributed by atoms with Crippen molar-refractivity contribution < 1.29 is 0 Å². The largest absolute Gasteiger partial charge is 0.333 e. The molecule has 4 heterocycles. The van der Waals surface area contributed by atoms with E-state index >= 15 is 0 Å². The summed E-state index contributed by atoms with van der Waals surface area (Å²) in [5.74, 6) is 0. The molecule has 1 N–H and O–H groups in total. The number of hydrogen-bond donors (Lipinski definition) is 1. The van der Waals surface area contributed by atoms with Crippen molar-refractivity contribution in [1.82, 2.24) is 24.3 Å². The van der Waals surface area contributed by atoms with Gasteiger partial charge in [-0.05, 0) is 12.1 Å². The number of hydrogen-bond acceptors (Lipinski definition) is 5. The molecule has 0 fully saturated rings. The monoisotopic (exact) mass is 409 g/mol. The number of nitrogens with one attached hydrogen (secondary N) is 1. The molecule has 0 unspecified atom stereocenters. The van der Waals surface area contributed by atoms with Gasteiger partial charge in [0.05, 0.1) is 35.3 Å². The third-order valence-corrected chi connectivity index (χ3v) is 6.09. The minimum atomic E-state index is -0.529. The Labute approximate surface area is 166 Å². The second-order valence-electron chi connectivity index (χ2n) is 6.26. The van der Waals surface area contributed by atoms with Crippen LogP contribution in [0.3, 0.4) is 0 Å². The third kappa shape index (κ3) is 2.42. The second-order valence-corrected chi connectivity index (χ2v) is 7.72. The van der Waals surface area contributed by atoms with E-state index in [2.05, 4.69) is 15.1 Å². The number of benzene rings is 1. The minimum Gasteiger partial charge on any atom is -0.306 e. The van der Waals surface area contributed by atoms with Crippen molar-refractivity contribution in [3.8, 4) is 16.1 Å². The topological polar surface area (TPSA) is 85.6 Å². The number of aromatic nitrogens is 5. The van der Waals surface area contributed by atoms with Gasteiger partial charge in [-0.3, -0.25) is 14.5 Å². The summed E-state index contributed by atoms with van der Waals surface area (Å²) >= 11 is 7.58. The van der Waals surface area contributed by atoms with Crippen LogP contribution in [0.4, 0.5) is 0 Å². The van der Waals surface area contributed by atoms with Crippen molar-refractivity contribution in [1.29, 1.82) is 0 Å². The van der Waals surface area contributed by atoms with E-state index in [1.807, 2.05) is 18.2 Å². The molecule has 0 atom stereocenters. The highest BCUT2D eigenvalue weighted by Crippen LogP contribution is 2.35. The number of H-pyrrole nitrogens is 1. The molecule has 0 aliphatic rings. The maximum absolute atomic E-state index is 13.2. The summed E-state index contributed by atoms with van der Waals surface area (Å²) in [5.41, 5.74) is 1.49. The second kappa shape index (κ2) is 6.15. The van der Waals surface area contributed by atoms with Gasteiger partial charge in [-0.1, -0.05) is 29.8 Å². The smallest absolute Gasteiger partial charge is 0.306 e. The quantitative estimate of drug-likeness (QED) is 0.484. The van der Waals surface area contributed by atoms with Gasteiger partial charge in [0.25, 0.3) is 5.56 Å². The summed E-state index contributed by atoms with van der Waals surface area (Å²) in [6.07, 6.45) is 4.76. The summed E-state index contributed by atoms with van der Waals surface area (Å²) < 4.78 is 3.19. The van der Waals surface area contributed by atoms with E-state index in [1.54, 1.807) is 36.3 Å². The highest BCUT2D eigenvalue weighted by Gasteiger charge is 2.17. The highest BCUT2D eigenvalue weighted by atomic mass is 35.5. The molecule has 0 bridgehead atoms. The molecular formula is C19H12ClN5O2S. The van der Waals surface area contributed by atoms with Crippen molar-refractivity contribution >= 4 is 44.1 Å². The molecule has 7 nitrogen and oxygen atoms in total. The predicted octanol–water partition coefficient (Wildman–Crippen LogP) is 3.34. The van der Waals surface area contributed by atoms with Gasteiger partial charge in [0.15, 0.2) is 0 Å². The molecule has 0 aliphatic carbocycles. The highest BCUT2D eigenvalue weighted by molar-refractivity contribution is 7.22. The molecule has 0 spiro atoms. The number of fused-ring (bicyclic) bond motifs is 2. The van der Waals surface area contributed by atoms with E-state index in [9.17, 15) is 9.59 Å². The summed E-state index contributed by atoms with van der Waals surface area (Å²) in [6.45, 7) is 0. The maximum atomic E-state index is 13.2. The summed E-state index contributed by atoms with van der Waals surface area (Å²) in [5, 5.41) is 5.45. The lowest BCUT2D eigenvalue weighted by atomic mass is 10.2. The molecule has 0 radical (unpaired) electrons. The normalized spacial score (nSPS) is 11.5. The Hall–Kier alpha value is -3.23. The van der Waals surface area contributed by atoms with Gasteiger partial charge in [0.1, 0.15) is 4.70 Å². The first kappa shape index (κ1) is 16.9. The zero-order chi connectivity index (χ0) is 19.4. The Kier molecular flexibility index (Phi) is 3.71. The molecule has 0 saturated heterocycles. The van der Waals surface area contributed by atoms with E-state index < -0.39 is 11.2 Å². The van der Waals surface area contributed by atoms with Crippen molar-refractivity contribution in [3.05, 3.63) is 74.8 Å². The Morgan fingerprint density at radius 2 is 1.96 bits per heavy atom. The number of pyridine rings is 1. The number of thiophene rings is 1. The Balaban J connectivity index is 1.81. The third-order valence-electron chi connectivity index (χ3n) is 4.61. The van der Waals surface area contributed by atoms with Crippen LogP contribution in [0.2, 0.25) is 5.02 Å². The SMILES string of the molecule is Cn1ncc2c(-n3c(=O)[nH]c4cc(-c5ccccc5Cl)sc4c3=O)cncc21. The van der Waals surface area contributed by atoms with Crippen LogP contribution in [0.15, 0.2) is 58.5 Å². The lowest BCUT2D eigenvalue weighted by Gasteiger charge is -2.05. The first-order valence-corrected chi connectivity index (χ1v) is 9.54. The Morgan fingerprint density at radius 3 is 2.79 bits per heavy atom. The van der Waals surface area contributed by atoms with Crippen molar-refractivity contribution in [3.63, 3.8) is 0 Å². The van der Waals surface area contributed by atoms with Crippen molar-refractivity contribution in [2.45, 2.75) is 0 Å². The standard InChI is InChI=1S/C19H12ClN5O2S/c1-24-14-8-21-9-15(11(14)7-22-24)25-18(26)17-13(23-19(25)27)6-16(28-17)10-4-2-3-5-12(10)20/h2-9H,1H3,(H,23,27). The fourth-order valence-electron chi connectivity index (χ4n) is 3.24. The van der Waals surface area contributed by atoms with Gasteiger partial charge in [-0.25, -0.2) is 9.36 Å². The Bertz CT molecular complexity index is 1490. The lowest BCUT2D eigenvalue weighted by Crippen LogP contribution is -2.33. The first-order chi connectivity index (χ1) is 13.5. The average Bonchev–Trinajstić information content (AvgIpc) is 3.27. The summed E-state index contributed by atoms with van der Waals surface area (Å²) in [7, 11) is 1.78. The molecule has 138 valence electrons. The number of rotatable bonds is 2. The molecule has 0 saturated carbocycles. The van der Waals surface area contributed by atoms with E-state index in [4.69, 9.17) is 11.6 Å². The summed E-state index contributed by atoms with van der Waals surface area (Å²) in [6, 6.07) is 9.16. The molecule has 1 aromatic carbocycles. The van der Waals surface area contributed by atoms with E-state index in [1.165, 1.54) is 17.5 Å². The van der Waals surface area contributed by atoms with Gasteiger partial charge < -0.3 is 4.98 Å². The Morgan fingerprint density at radius 1 is 1.14 bits per heavy atom. The summed E-state index contributed by atoms with van der Waals surface area (Å²) in [4.78, 5) is 33.7. The number of aromatic amines is 1. The van der Waals surface area contributed by atoms with Crippen LogP contribution in [0, 0.1) is 0 Å². The molecule has 0 amide bonds. The van der Waals surface area contributed by atoms with Gasteiger partial charge in [-0.15, -0.1) is 11.3 Å². The first-order valence-electron chi connectivity index (χ1n) is 8.34. The van der Waals surface area contributed by atoms with Crippen LogP contribution < -0.4 is 11.2 Å². The van der Waals surface area contributed by atoms with Crippen LogP contribution in [0.25, 0.3) is 37.2 Å². The van der Waals surface area contributed by atoms with Gasteiger partial charge in [0.2, 0.25) is 0 Å². The molecule has 5 rings (SSSR count). The average molecular weight is 410 g/mol. The van der Waals surface area contributed by atoms with Crippen molar-refractivity contribution in [2.75, 3.05) is 0 Å². The van der Waals surface area contributed by atoms with Crippen LogP contribution >= 0.6 is 22.9 Å². The van der Waals surface area contributed by atoms with Gasteiger partial charge in [0, 0.05) is 27.9 Å². The van der Waals surface area contributed by atoms with E-state index in [-0.39, 0.29) is 0 Å².